The molecule has 5 heteroatoms. The molecule has 0 saturated carbocycles. The maximum absolute atomic E-state index is 12.5. The van der Waals surface area contributed by atoms with Crippen LogP contribution < -0.4 is 15.4 Å². The van der Waals surface area contributed by atoms with Crippen LogP contribution in [-0.4, -0.2) is 18.9 Å². The Morgan fingerprint density at radius 2 is 1.27 bits per heavy atom. The predicted octanol–water partition coefficient (Wildman–Crippen LogP) is 4.20. The van der Waals surface area contributed by atoms with Crippen molar-refractivity contribution in [1.29, 1.82) is 0 Å². The molecule has 0 spiro atoms. The van der Waals surface area contributed by atoms with Gasteiger partial charge in [0, 0.05) is 28.6 Å². The van der Waals surface area contributed by atoms with E-state index in [1.807, 2.05) is 6.07 Å². The summed E-state index contributed by atoms with van der Waals surface area (Å²) >= 11 is 0. The Hall–Kier alpha value is -3.60. The molecule has 3 rings (SSSR count). The number of hydrogen-bond acceptors (Lipinski definition) is 3. The first-order valence-electron chi connectivity index (χ1n) is 8.07. The lowest BCUT2D eigenvalue weighted by molar-refractivity contribution is 0.101. The molecule has 3 aromatic carbocycles. The summed E-state index contributed by atoms with van der Waals surface area (Å²) in [6.07, 6.45) is 0. The molecule has 3 aromatic rings. The highest BCUT2D eigenvalue weighted by atomic mass is 16.5. The van der Waals surface area contributed by atoms with Gasteiger partial charge < -0.3 is 15.4 Å². The van der Waals surface area contributed by atoms with Crippen molar-refractivity contribution in [2.45, 2.75) is 0 Å². The molecule has 0 saturated heterocycles. The third kappa shape index (κ3) is 4.27. The van der Waals surface area contributed by atoms with Crippen LogP contribution in [0.4, 0.5) is 11.4 Å². The number of anilines is 2. The van der Waals surface area contributed by atoms with Crippen molar-refractivity contribution in [2.75, 3.05) is 17.7 Å². The molecule has 0 heterocycles. The van der Waals surface area contributed by atoms with Gasteiger partial charge in [-0.1, -0.05) is 30.3 Å². The first-order valence-corrected chi connectivity index (χ1v) is 8.07. The molecule has 5 nitrogen and oxygen atoms in total. The lowest BCUT2D eigenvalue weighted by atomic mass is 10.1. The highest BCUT2D eigenvalue weighted by molar-refractivity contribution is 6.07. The van der Waals surface area contributed by atoms with Gasteiger partial charge >= 0.3 is 0 Å². The highest BCUT2D eigenvalue weighted by Crippen LogP contribution is 2.18. The topological polar surface area (TPSA) is 67.4 Å². The number of amides is 2. The van der Waals surface area contributed by atoms with E-state index in [-0.39, 0.29) is 11.8 Å². The Balaban J connectivity index is 1.72. The summed E-state index contributed by atoms with van der Waals surface area (Å²) in [5.74, 6) is 0.164. The Bertz CT molecular complexity index is 923. The maximum Gasteiger partial charge on any atom is 0.255 e. The monoisotopic (exact) mass is 346 g/mol. The second kappa shape index (κ2) is 7.98. The summed E-state index contributed by atoms with van der Waals surface area (Å²) in [6, 6.07) is 22.8. The maximum atomic E-state index is 12.5. The molecule has 0 radical (unpaired) electrons. The van der Waals surface area contributed by atoms with E-state index in [0.29, 0.717) is 28.3 Å². The van der Waals surface area contributed by atoms with Crippen LogP contribution in [0.25, 0.3) is 0 Å². The quantitative estimate of drug-likeness (QED) is 0.727. The fourth-order valence-electron chi connectivity index (χ4n) is 2.44. The average Bonchev–Trinajstić information content (AvgIpc) is 2.69. The second-order valence-corrected chi connectivity index (χ2v) is 5.59. The van der Waals surface area contributed by atoms with Gasteiger partial charge in [-0.3, -0.25) is 9.59 Å². The van der Waals surface area contributed by atoms with Crippen molar-refractivity contribution in [3.8, 4) is 5.75 Å². The van der Waals surface area contributed by atoms with Gasteiger partial charge in [-0.2, -0.15) is 0 Å². The molecule has 0 aromatic heterocycles. The molecule has 26 heavy (non-hydrogen) atoms. The first kappa shape index (κ1) is 17.2. The van der Waals surface area contributed by atoms with E-state index in [2.05, 4.69) is 10.6 Å². The number of methoxy groups -OCH3 is 1. The summed E-state index contributed by atoms with van der Waals surface area (Å²) < 4.78 is 5.15. The van der Waals surface area contributed by atoms with Crippen LogP contribution in [0.1, 0.15) is 20.7 Å². The molecule has 130 valence electrons. The van der Waals surface area contributed by atoms with Crippen molar-refractivity contribution < 1.29 is 14.3 Å². The number of nitrogens with one attached hydrogen (secondary N) is 2. The van der Waals surface area contributed by atoms with Crippen LogP contribution in [0.5, 0.6) is 5.75 Å². The predicted molar refractivity (Wildman–Crippen MR) is 102 cm³/mol. The largest absolute Gasteiger partial charge is 0.497 e. The van der Waals surface area contributed by atoms with E-state index >= 15 is 0 Å². The standard InChI is InChI=1S/C21H18N2O3/c1-26-19-12-6-11-18(14-19)23-21(25)16-9-5-10-17(13-16)22-20(24)15-7-3-2-4-8-15/h2-14H,1H3,(H,22,24)(H,23,25). The van der Waals surface area contributed by atoms with E-state index in [0.717, 1.165) is 0 Å². The Labute approximate surface area is 151 Å². The van der Waals surface area contributed by atoms with Crippen molar-refractivity contribution in [3.05, 3.63) is 90.0 Å². The smallest absolute Gasteiger partial charge is 0.255 e. The fourth-order valence-corrected chi connectivity index (χ4v) is 2.44. The number of hydrogen-bond donors (Lipinski definition) is 2. The highest BCUT2D eigenvalue weighted by Gasteiger charge is 2.10. The van der Waals surface area contributed by atoms with Gasteiger partial charge in [-0.25, -0.2) is 0 Å². The zero-order valence-corrected chi connectivity index (χ0v) is 14.2. The molecular weight excluding hydrogens is 328 g/mol. The molecule has 2 N–H and O–H groups in total. The molecule has 0 aliphatic carbocycles. The number of ether oxygens (including phenoxy) is 1. The minimum absolute atomic E-state index is 0.226. The lowest BCUT2D eigenvalue weighted by Crippen LogP contribution is -2.14. The average molecular weight is 346 g/mol. The molecule has 0 aliphatic heterocycles. The molecular formula is C21H18N2O3. The third-order valence-corrected chi connectivity index (χ3v) is 3.75. The second-order valence-electron chi connectivity index (χ2n) is 5.59. The van der Waals surface area contributed by atoms with E-state index in [9.17, 15) is 9.59 Å². The summed E-state index contributed by atoms with van der Waals surface area (Å²) in [6.45, 7) is 0. The van der Waals surface area contributed by atoms with Crippen molar-refractivity contribution in [2.24, 2.45) is 0 Å². The summed E-state index contributed by atoms with van der Waals surface area (Å²) in [7, 11) is 1.57. The van der Waals surface area contributed by atoms with Crippen molar-refractivity contribution >= 4 is 23.2 Å². The van der Waals surface area contributed by atoms with E-state index < -0.39 is 0 Å². The van der Waals surface area contributed by atoms with Crippen LogP contribution in [-0.2, 0) is 0 Å². The summed E-state index contributed by atoms with van der Waals surface area (Å²) in [5, 5.41) is 5.61. The van der Waals surface area contributed by atoms with E-state index in [1.54, 1.807) is 79.9 Å². The molecule has 2 amide bonds. The Kier molecular flexibility index (Phi) is 5.29. The Morgan fingerprint density at radius 3 is 1.96 bits per heavy atom. The minimum atomic E-state index is -0.269. The SMILES string of the molecule is COc1cccc(NC(=O)c2cccc(NC(=O)c3ccccc3)c2)c1. The lowest BCUT2D eigenvalue weighted by Gasteiger charge is -2.09. The van der Waals surface area contributed by atoms with Gasteiger partial charge in [0.2, 0.25) is 0 Å². The zero-order chi connectivity index (χ0) is 18.4. The molecule has 0 aliphatic rings. The Morgan fingerprint density at radius 1 is 0.692 bits per heavy atom. The van der Waals surface area contributed by atoms with Crippen LogP contribution in [0, 0.1) is 0 Å². The normalized spacial score (nSPS) is 10.0. The van der Waals surface area contributed by atoms with Crippen molar-refractivity contribution in [3.63, 3.8) is 0 Å². The third-order valence-electron chi connectivity index (χ3n) is 3.75. The molecule has 0 fully saturated rings. The summed E-state index contributed by atoms with van der Waals surface area (Å²) in [5.41, 5.74) is 2.18. The number of carbonyl (C=O) groups excluding carboxylic acids is 2. The number of benzene rings is 3. The van der Waals surface area contributed by atoms with Gasteiger partial charge in [0.25, 0.3) is 11.8 Å². The summed E-state index contributed by atoms with van der Waals surface area (Å²) in [4.78, 5) is 24.7. The fraction of sp³-hybridized carbons (Fsp3) is 0.0476. The van der Waals surface area contributed by atoms with Gasteiger partial charge in [0.05, 0.1) is 7.11 Å². The van der Waals surface area contributed by atoms with Gasteiger partial charge in [-0.05, 0) is 42.5 Å². The minimum Gasteiger partial charge on any atom is -0.497 e. The molecule has 0 bridgehead atoms. The number of carbonyl (C=O) groups is 2. The van der Waals surface area contributed by atoms with E-state index in [1.165, 1.54) is 0 Å². The zero-order valence-electron chi connectivity index (χ0n) is 14.2. The first-order chi connectivity index (χ1) is 12.7. The van der Waals surface area contributed by atoms with Gasteiger partial charge in [-0.15, -0.1) is 0 Å². The van der Waals surface area contributed by atoms with Crippen molar-refractivity contribution in [1.82, 2.24) is 0 Å². The molecule has 0 unspecified atom stereocenters. The number of rotatable bonds is 5. The molecule has 0 atom stereocenters. The van der Waals surface area contributed by atoms with Crippen LogP contribution in [0.15, 0.2) is 78.9 Å². The van der Waals surface area contributed by atoms with Gasteiger partial charge in [0.15, 0.2) is 0 Å². The van der Waals surface area contributed by atoms with Gasteiger partial charge in [0.1, 0.15) is 5.75 Å². The van der Waals surface area contributed by atoms with E-state index in [4.69, 9.17) is 4.74 Å². The van der Waals surface area contributed by atoms with Crippen LogP contribution >= 0.6 is 0 Å². The van der Waals surface area contributed by atoms with Crippen LogP contribution in [0.2, 0.25) is 0 Å². The van der Waals surface area contributed by atoms with Crippen LogP contribution in [0.3, 0.4) is 0 Å².